The van der Waals surface area contributed by atoms with E-state index < -0.39 is 5.97 Å². The second kappa shape index (κ2) is 10.3. The van der Waals surface area contributed by atoms with Gasteiger partial charge in [-0.15, -0.1) is 23.7 Å². The Hall–Kier alpha value is -2.67. The molecule has 4 rings (SSSR count). The van der Waals surface area contributed by atoms with Crippen molar-refractivity contribution in [1.29, 1.82) is 0 Å². The summed E-state index contributed by atoms with van der Waals surface area (Å²) in [6.45, 7) is 6.46. The zero-order chi connectivity index (χ0) is 22.0. The number of ether oxygens (including phenoxy) is 1. The summed E-state index contributed by atoms with van der Waals surface area (Å²) in [6, 6.07) is 16.0. The third-order valence-corrected chi connectivity index (χ3v) is 6.90. The van der Waals surface area contributed by atoms with E-state index in [2.05, 4.69) is 22.3 Å². The Morgan fingerprint density at radius 1 is 1.09 bits per heavy atom. The lowest BCUT2D eigenvalue weighted by atomic mass is 10.0. The minimum Gasteiger partial charge on any atom is -0.465 e. The highest BCUT2D eigenvalue weighted by molar-refractivity contribution is 7.17. The Kier molecular flexibility index (Phi) is 7.72. The largest absolute Gasteiger partial charge is 0.465 e. The van der Waals surface area contributed by atoms with Gasteiger partial charge in [0.15, 0.2) is 0 Å². The Morgan fingerprint density at radius 2 is 1.84 bits per heavy atom. The minimum absolute atomic E-state index is 0. The first kappa shape index (κ1) is 24.0. The normalized spacial score (nSPS) is 13.1. The van der Waals surface area contributed by atoms with Crippen molar-refractivity contribution >= 4 is 40.6 Å². The Labute approximate surface area is 198 Å². The van der Waals surface area contributed by atoms with Gasteiger partial charge in [-0.25, -0.2) is 4.79 Å². The number of hydrogen-bond donors (Lipinski definition) is 1. The fourth-order valence-electron chi connectivity index (χ4n) is 3.90. The first-order chi connectivity index (χ1) is 15.0. The maximum absolute atomic E-state index is 12.9. The van der Waals surface area contributed by atoms with Crippen molar-refractivity contribution < 1.29 is 14.3 Å². The molecule has 168 valence electrons. The fraction of sp³-hybridized carbons (Fsp3) is 0.280. The predicted molar refractivity (Wildman–Crippen MR) is 131 cm³/mol. The number of aryl methyl sites for hydroxylation is 2. The summed E-state index contributed by atoms with van der Waals surface area (Å²) < 4.78 is 5.05. The zero-order valence-electron chi connectivity index (χ0n) is 18.4. The summed E-state index contributed by atoms with van der Waals surface area (Å²) in [4.78, 5) is 28.9. The third kappa shape index (κ3) is 5.04. The van der Waals surface area contributed by atoms with Crippen LogP contribution in [0, 0.1) is 13.8 Å². The molecular weight excluding hydrogens is 444 g/mol. The van der Waals surface area contributed by atoms with Crippen LogP contribution in [0.4, 0.5) is 5.00 Å². The topological polar surface area (TPSA) is 58.6 Å². The van der Waals surface area contributed by atoms with Gasteiger partial charge in [0.25, 0.3) is 5.91 Å². The number of hydrogen-bond acceptors (Lipinski definition) is 5. The van der Waals surface area contributed by atoms with E-state index in [4.69, 9.17) is 4.74 Å². The van der Waals surface area contributed by atoms with E-state index in [1.165, 1.54) is 24.0 Å². The molecule has 0 spiro atoms. The second-order valence-electron chi connectivity index (χ2n) is 7.90. The number of nitrogens with zero attached hydrogens (tertiary/aromatic N) is 1. The summed E-state index contributed by atoms with van der Waals surface area (Å²) >= 11 is 1.48. The van der Waals surface area contributed by atoms with E-state index in [0.717, 1.165) is 47.6 Å². The number of fused-ring (bicyclic) bond motifs is 1. The molecule has 0 atom stereocenters. The average molecular weight is 471 g/mol. The molecule has 0 unspecified atom stereocenters. The molecule has 2 aromatic carbocycles. The summed E-state index contributed by atoms with van der Waals surface area (Å²) in [5.41, 5.74) is 5.53. The molecule has 0 bridgehead atoms. The van der Waals surface area contributed by atoms with Crippen LogP contribution in [0.3, 0.4) is 0 Å². The quantitative estimate of drug-likeness (QED) is 0.508. The van der Waals surface area contributed by atoms with Crippen molar-refractivity contribution in [3.63, 3.8) is 0 Å². The lowest BCUT2D eigenvalue weighted by Crippen LogP contribution is -2.29. The number of carbonyl (C=O) groups is 2. The molecule has 0 radical (unpaired) electrons. The number of esters is 1. The van der Waals surface area contributed by atoms with Crippen molar-refractivity contribution in [3.8, 4) is 0 Å². The van der Waals surface area contributed by atoms with Gasteiger partial charge in [-0.3, -0.25) is 9.69 Å². The first-order valence-corrected chi connectivity index (χ1v) is 11.2. The molecule has 32 heavy (non-hydrogen) atoms. The monoisotopic (exact) mass is 470 g/mol. The third-order valence-electron chi connectivity index (χ3n) is 5.77. The number of rotatable bonds is 5. The summed E-state index contributed by atoms with van der Waals surface area (Å²) in [5, 5.41) is 3.54. The smallest absolute Gasteiger partial charge is 0.341 e. The molecular formula is C25H27ClN2O3S. The first-order valence-electron chi connectivity index (χ1n) is 10.3. The Bertz CT molecular complexity index is 1130. The number of anilines is 1. The van der Waals surface area contributed by atoms with E-state index in [-0.39, 0.29) is 18.3 Å². The highest BCUT2D eigenvalue weighted by Gasteiger charge is 2.29. The van der Waals surface area contributed by atoms with Crippen LogP contribution in [-0.2, 0) is 24.2 Å². The van der Waals surface area contributed by atoms with Crippen molar-refractivity contribution in [2.75, 3.05) is 19.0 Å². The van der Waals surface area contributed by atoms with Gasteiger partial charge in [0.2, 0.25) is 0 Å². The van der Waals surface area contributed by atoms with E-state index in [9.17, 15) is 9.59 Å². The van der Waals surface area contributed by atoms with Crippen LogP contribution in [-0.4, -0.2) is 30.4 Å². The molecule has 0 fully saturated rings. The van der Waals surface area contributed by atoms with Crippen molar-refractivity contribution in [2.45, 2.75) is 33.4 Å². The Morgan fingerprint density at radius 3 is 2.53 bits per heavy atom. The molecule has 1 N–H and O–H groups in total. The molecule has 1 amide bonds. The minimum atomic E-state index is -0.399. The van der Waals surface area contributed by atoms with Crippen LogP contribution in [0.15, 0.2) is 48.5 Å². The molecule has 0 saturated heterocycles. The van der Waals surface area contributed by atoms with Crippen molar-refractivity contribution in [2.24, 2.45) is 0 Å². The number of carbonyl (C=O) groups excluding carboxylic acids is 2. The molecule has 1 aromatic heterocycles. The summed E-state index contributed by atoms with van der Waals surface area (Å²) in [7, 11) is 1.38. The molecule has 3 aromatic rings. The van der Waals surface area contributed by atoms with E-state index in [0.29, 0.717) is 16.1 Å². The van der Waals surface area contributed by atoms with Crippen LogP contribution in [0.25, 0.3) is 0 Å². The lowest BCUT2D eigenvalue weighted by Gasteiger charge is -2.27. The van der Waals surface area contributed by atoms with Gasteiger partial charge in [0.05, 0.1) is 12.7 Å². The maximum Gasteiger partial charge on any atom is 0.341 e. The highest BCUT2D eigenvalue weighted by Crippen LogP contribution is 2.38. The van der Waals surface area contributed by atoms with Crippen LogP contribution < -0.4 is 5.32 Å². The van der Waals surface area contributed by atoms with E-state index >= 15 is 0 Å². The van der Waals surface area contributed by atoms with Crippen molar-refractivity contribution in [3.05, 3.63) is 86.8 Å². The van der Waals surface area contributed by atoms with Gasteiger partial charge < -0.3 is 10.1 Å². The van der Waals surface area contributed by atoms with Gasteiger partial charge in [-0.1, -0.05) is 36.4 Å². The molecule has 1 aliphatic rings. The molecule has 1 aliphatic heterocycles. The number of methoxy groups -OCH3 is 1. The van der Waals surface area contributed by atoms with Crippen molar-refractivity contribution in [1.82, 2.24) is 4.90 Å². The van der Waals surface area contributed by atoms with Gasteiger partial charge >= 0.3 is 5.97 Å². The predicted octanol–water partition coefficient (Wildman–Crippen LogP) is 5.38. The van der Waals surface area contributed by atoms with E-state index in [1.54, 1.807) is 0 Å². The van der Waals surface area contributed by atoms with Crippen LogP contribution in [0.5, 0.6) is 0 Å². The summed E-state index contributed by atoms with van der Waals surface area (Å²) in [5.74, 6) is -0.614. The van der Waals surface area contributed by atoms with Crippen LogP contribution in [0.2, 0.25) is 0 Å². The number of benzene rings is 2. The number of thiophene rings is 1. The van der Waals surface area contributed by atoms with Crippen LogP contribution in [0.1, 0.15) is 47.8 Å². The van der Waals surface area contributed by atoms with Gasteiger partial charge in [0, 0.05) is 30.1 Å². The molecule has 5 nitrogen and oxygen atoms in total. The van der Waals surface area contributed by atoms with E-state index in [1.807, 2.05) is 50.2 Å². The van der Waals surface area contributed by atoms with Gasteiger partial charge in [-0.05, 0) is 54.7 Å². The number of amides is 1. The SMILES string of the molecule is COC(=O)c1c(NC(=O)c2ccc(C)c(C)c2)sc2c1CCN(Cc1ccccc1)C2.Cl. The summed E-state index contributed by atoms with van der Waals surface area (Å²) in [6.07, 6.45) is 0.753. The molecule has 2 heterocycles. The fourth-order valence-corrected chi connectivity index (χ4v) is 5.17. The number of halogens is 1. The Balaban J connectivity index is 0.00000289. The second-order valence-corrected chi connectivity index (χ2v) is 9.00. The van der Waals surface area contributed by atoms with Gasteiger partial charge in [0.1, 0.15) is 5.00 Å². The highest BCUT2D eigenvalue weighted by atomic mass is 35.5. The standard InChI is InChI=1S/C25H26N2O3S.ClH/c1-16-9-10-19(13-17(16)2)23(28)26-24-22(25(29)30-3)20-11-12-27(15-21(20)31-24)14-18-7-5-4-6-8-18;/h4-10,13H,11-12,14-15H2,1-3H3,(H,26,28);1H. The molecule has 0 saturated carbocycles. The van der Waals surface area contributed by atoms with Gasteiger partial charge in [-0.2, -0.15) is 0 Å². The average Bonchev–Trinajstić information content (AvgIpc) is 3.12. The molecule has 7 heteroatoms. The molecule has 0 aliphatic carbocycles. The lowest BCUT2D eigenvalue weighted by molar-refractivity contribution is 0.0600. The van der Waals surface area contributed by atoms with Crippen LogP contribution >= 0.6 is 23.7 Å². The zero-order valence-corrected chi connectivity index (χ0v) is 20.1. The number of nitrogens with one attached hydrogen (secondary N) is 1. The maximum atomic E-state index is 12.9.